The highest BCUT2D eigenvalue weighted by Gasteiger charge is 2.20. The summed E-state index contributed by atoms with van der Waals surface area (Å²) < 4.78 is 0. The van der Waals surface area contributed by atoms with Gasteiger partial charge in [-0.25, -0.2) is 0 Å². The molecule has 0 unspecified atom stereocenters. The number of hydrogen-bond donors (Lipinski definition) is 2. The second kappa shape index (κ2) is 6.99. The van der Waals surface area contributed by atoms with Crippen molar-refractivity contribution in [3.63, 3.8) is 0 Å². The van der Waals surface area contributed by atoms with Crippen LogP contribution in [-0.4, -0.2) is 29.9 Å². The quantitative estimate of drug-likeness (QED) is 0.735. The fourth-order valence-corrected chi connectivity index (χ4v) is 3.74. The molecule has 1 amide bonds. The molecule has 0 heterocycles. The van der Waals surface area contributed by atoms with Gasteiger partial charge in [0.05, 0.1) is 12.4 Å². The Kier molecular flexibility index (Phi) is 4.80. The normalized spacial score (nSPS) is 11.9. The lowest BCUT2D eigenvalue weighted by molar-refractivity contribution is -0.118. The number of aliphatic hydroxyl groups is 1. The molecular weight excluding hydrogens is 294 g/mol. The molecular formula is C18H19NO2S. The zero-order valence-electron chi connectivity index (χ0n) is 12.3. The molecule has 0 aliphatic heterocycles. The monoisotopic (exact) mass is 313 g/mol. The number of carbonyl (C=O) groups excluding carboxylic acids is 1. The molecule has 2 N–H and O–H groups in total. The van der Waals surface area contributed by atoms with Gasteiger partial charge >= 0.3 is 0 Å². The average Bonchev–Trinajstić information content (AvgIpc) is 2.92. The van der Waals surface area contributed by atoms with E-state index in [1.54, 1.807) is 11.8 Å². The number of benzene rings is 2. The van der Waals surface area contributed by atoms with Gasteiger partial charge in [0.25, 0.3) is 0 Å². The molecule has 0 spiro atoms. The molecule has 2 aromatic carbocycles. The van der Waals surface area contributed by atoms with E-state index in [4.69, 9.17) is 5.11 Å². The van der Waals surface area contributed by atoms with Crippen LogP contribution in [0, 0.1) is 0 Å². The van der Waals surface area contributed by atoms with E-state index in [0.29, 0.717) is 12.3 Å². The van der Waals surface area contributed by atoms with Gasteiger partial charge in [0.15, 0.2) is 0 Å². The second-order valence-electron chi connectivity index (χ2n) is 5.34. The van der Waals surface area contributed by atoms with Crippen molar-refractivity contribution in [2.75, 3.05) is 18.9 Å². The Morgan fingerprint density at radius 3 is 2.82 bits per heavy atom. The van der Waals surface area contributed by atoms with Crippen LogP contribution < -0.4 is 5.32 Å². The van der Waals surface area contributed by atoms with Crippen LogP contribution in [0.3, 0.4) is 0 Å². The summed E-state index contributed by atoms with van der Waals surface area (Å²) in [6.45, 7) is 0.316. The second-order valence-corrected chi connectivity index (χ2v) is 6.33. The molecule has 0 saturated heterocycles. The van der Waals surface area contributed by atoms with Crippen molar-refractivity contribution in [2.45, 2.75) is 12.2 Å². The number of thioether (sulfide) groups is 1. The highest BCUT2D eigenvalue weighted by atomic mass is 32.2. The molecule has 22 heavy (non-hydrogen) atoms. The van der Waals surface area contributed by atoms with Gasteiger partial charge in [-0.1, -0.05) is 42.5 Å². The van der Waals surface area contributed by atoms with Crippen molar-refractivity contribution in [1.82, 2.24) is 5.32 Å². The molecule has 0 fully saturated rings. The first kappa shape index (κ1) is 15.1. The van der Waals surface area contributed by atoms with Crippen LogP contribution in [-0.2, 0) is 17.0 Å². The van der Waals surface area contributed by atoms with Crippen molar-refractivity contribution < 1.29 is 9.90 Å². The molecule has 0 aromatic heterocycles. The van der Waals surface area contributed by atoms with E-state index in [9.17, 15) is 4.79 Å². The lowest BCUT2D eigenvalue weighted by Gasteiger charge is -2.08. The van der Waals surface area contributed by atoms with Gasteiger partial charge in [0.2, 0.25) is 5.91 Å². The largest absolute Gasteiger partial charge is 0.395 e. The van der Waals surface area contributed by atoms with Crippen molar-refractivity contribution in [3.8, 4) is 11.1 Å². The molecule has 4 heteroatoms. The molecule has 0 radical (unpaired) electrons. The molecule has 114 valence electrons. The predicted octanol–water partition coefficient (Wildman–Crippen LogP) is 2.60. The maximum atomic E-state index is 11.6. The van der Waals surface area contributed by atoms with Gasteiger partial charge in [-0.3, -0.25) is 4.79 Å². The van der Waals surface area contributed by atoms with Gasteiger partial charge < -0.3 is 10.4 Å². The molecule has 1 aliphatic carbocycles. The minimum Gasteiger partial charge on any atom is -0.395 e. The first-order valence-corrected chi connectivity index (χ1v) is 8.59. The van der Waals surface area contributed by atoms with Crippen molar-refractivity contribution in [2.24, 2.45) is 0 Å². The molecule has 0 saturated carbocycles. The van der Waals surface area contributed by atoms with E-state index in [2.05, 4.69) is 47.8 Å². The van der Waals surface area contributed by atoms with Crippen LogP contribution in [0.15, 0.2) is 42.5 Å². The van der Waals surface area contributed by atoms with Crippen LogP contribution >= 0.6 is 11.8 Å². The summed E-state index contributed by atoms with van der Waals surface area (Å²) in [6.07, 6.45) is 0.985. The molecule has 3 nitrogen and oxygen atoms in total. The van der Waals surface area contributed by atoms with E-state index in [-0.39, 0.29) is 12.5 Å². The Hall–Kier alpha value is -1.78. The topological polar surface area (TPSA) is 49.3 Å². The number of aliphatic hydroxyl groups excluding tert-OH is 1. The van der Waals surface area contributed by atoms with Gasteiger partial charge in [0.1, 0.15) is 0 Å². The Bertz CT molecular complexity index is 685. The SMILES string of the molecule is O=C(CSCc1cccc2c1Cc1ccccc1-2)NCCO. The Morgan fingerprint density at radius 1 is 1.14 bits per heavy atom. The fraction of sp³-hybridized carbons (Fsp3) is 0.278. The van der Waals surface area contributed by atoms with E-state index >= 15 is 0 Å². The van der Waals surface area contributed by atoms with Gasteiger partial charge in [-0.2, -0.15) is 0 Å². The summed E-state index contributed by atoms with van der Waals surface area (Å²) in [5, 5.41) is 11.4. The summed E-state index contributed by atoms with van der Waals surface area (Å²) in [6, 6.07) is 15.0. The first-order valence-electron chi connectivity index (χ1n) is 7.44. The molecule has 3 rings (SSSR count). The zero-order chi connectivity index (χ0) is 15.4. The van der Waals surface area contributed by atoms with Crippen LogP contribution in [0.5, 0.6) is 0 Å². The number of fused-ring (bicyclic) bond motifs is 3. The zero-order valence-corrected chi connectivity index (χ0v) is 13.2. The van der Waals surface area contributed by atoms with Gasteiger partial charge in [0, 0.05) is 12.3 Å². The van der Waals surface area contributed by atoms with Crippen LogP contribution in [0.2, 0.25) is 0 Å². The summed E-state index contributed by atoms with van der Waals surface area (Å²) in [5.41, 5.74) is 6.76. The summed E-state index contributed by atoms with van der Waals surface area (Å²) >= 11 is 1.62. The lowest BCUT2D eigenvalue weighted by Crippen LogP contribution is -2.27. The van der Waals surface area contributed by atoms with E-state index in [0.717, 1.165) is 12.2 Å². The van der Waals surface area contributed by atoms with E-state index in [1.807, 2.05) is 0 Å². The third kappa shape index (κ3) is 3.18. The number of amides is 1. The highest BCUT2D eigenvalue weighted by Crippen LogP contribution is 2.38. The number of nitrogens with one attached hydrogen (secondary N) is 1. The highest BCUT2D eigenvalue weighted by molar-refractivity contribution is 7.99. The fourth-order valence-electron chi connectivity index (χ4n) is 2.86. The Balaban J connectivity index is 1.66. The summed E-state index contributed by atoms with van der Waals surface area (Å²) in [7, 11) is 0. The molecule has 2 aromatic rings. The van der Waals surface area contributed by atoms with Crippen molar-refractivity contribution in [1.29, 1.82) is 0 Å². The van der Waals surface area contributed by atoms with Gasteiger partial charge in [-0.05, 0) is 34.2 Å². The Labute approximate surface area is 134 Å². The summed E-state index contributed by atoms with van der Waals surface area (Å²) in [5.74, 6) is 1.25. The lowest BCUT2D eigenvalue weighted by atomic mass is 10.0. The molecule has 0 atom stereocenters. The maximum absolute atomic E-state index is 11.6. The van der Waals surface area contributed by atoms with E-state index < -0.39 is 0 Å². The first-order chi connectivity index (χ1) is 10.8. The van der Waals surface area contributed by atoms with Crippen LogP contribution in [0.1, 0.15) is 16.7 Å². The number of rotatable bonds is 6. The minimum atomic E-state index is -0.0186. The third-order valence-corrected chi connectivity index (χ3v) is 4.85. The number of hydrogen-bond acceptors (Lipinski definition) is 3. The van der Waals surface area contributed by atoms with E-state index in [1.165, 1.54) is 27.8 Å². The van der Waals surface area contributed by atoms with Crippen LogP contribution in [0.25, 0.3) is 11.1 Å². The van der Waals surface area contributed by atoms with Crippen molar-refractivity contribution >= 4 is 17.7 Å². The molecule has 1 aliphatic rings. The number of carbonyl (C=O) groups is 1. The predicted molar refractivity (Wildman–Crippen MR) is 90.9 cm³/mol. The smallest absolute Gasteiger partial charge is 0.230 e. The molecule has 0 bridgehead atoms. The minimum absolute atomic E-state index is 0.0130. The third-order valence-electron chi connectivity index (χ3n) is 3.87. The van der Waals surface area contributed by atoms with Crippen LogP contribution in [0.4, 0.5) is 0 Å². The Morgan fingerprint density at radius 2 is 1.95 bits per heavy atom. The van der Waals surface area contributed by atoms with Crippen molar-refractivity contribution in [3.05, 3.63) is 59.2 Å². The summed E-state index contributed by atoms with van der Waals surface area (Å²) in [4.78, 5) is 11.6. The average molecular weight is 313 g/mol. The maximum Gasteiger partial charge on any atom is 0.230 e. The van der Waals surface area contributed by atoms with Gasteiger partial charge in [-0.15, -0.1) is 11.8 Å². The standard InChI is InChI=1S/C18H19NO2S/c20-9-8-19-18(21)12-22-11-14-5-3-7-16-15-6-2-1-4-13(15)10-17(14)16/h1-7,20H,8-12H2,(H,19,21).